The van der Waals surface area contributed by atoms with E-state index in [2.05, 4.69) is 39.9 Å². The molecule has 2 bridgehead atoms. The molecule has 0 radical (unpaired) electrons. The lowest BCUT2D eigenvalue weighted by atomic mass is 9.74. The van der Waals surface area contributed by atoms with Crippen LogP contribution in [0.5, 0.6) is 0 Å². The minimum atomic E-state index is -0.121. The second-order valence-electron chi connectivity index (χ2n) is 7.19. The van der Waals surface area contributed by atoms with E-state index in [0.29, 0.717) is 12.2 Å². The van der Waals surface area contributed by atoms with E-state index in [4.69, 9.17) is 0 Å². The minimum Gasteiger partial charge on any atom is -0.347 e. The average molecular weight is 324 g/mol. The Morgan fingerprint density at radius 3 is 3.17 bits per heavy atom. The largest absolute Gasteiger partial charge is 0.347 e. The van der Waals surface area contributed by atoms with Gasteiger partial charge >= 0.3 is 0 Å². The lowest BCUT2D eigenvalue weighted by Gasteiger charge is -2.35. The topological polar surface area (TPSA) is 59.0 Å². The number of hydrogen-bond donors (Lipinski definition) is 2. The number of rotatable bonds is 4. The SMILES string of the molecule is Cn1cnc(C(=O)NCc2ccccc2C23CCCC(CN2)C3)c1. The van der Waals surface area contributed by atoms with Crippen molar-refractivity contribution in [3.8, 4) is 0 Å². The highest BCUT2D eigenvalue weighted by Crippen LogP contribution is 2.45. The highest BCUT2D eigenvalue weighted by Gasteiger charge is 2.43. The van der Waals surface area contributed by atoms with Crippen LogP contribution in [0, 0.1) is 5.92 Å². The Morgan fingerprint density at radius 2 is 2.33 bits per heavy atom. The molecule has 1 aliphatic carbocycles. The zero-order valence-electron chi connectivity index (χ0n) is 14.1. The first-order chi connectivity index (χ1) is 11.7. The fourth-order valence-electron chi connectivity index (χ4n) is 4.34. The second kappa shape index (κ2) is 6.06. The molecule has 2 N–H and O–H groups in total. The Hall–Kier alpha value is -2.14. The molecule has 1 aliphatic heterocycles. The Morgan fingerprint density at radius 1 is 1.46 bits per heavy atom. The van der Waals surface area contributed by atoms with Crippen molar-refractivity contribution >= 4 is 5.91 Å². The molecule has 1 amide bonds. The standard InChI is InChI=1S/C19H24N4O/c1-23-12-17(21-13-23)18(24)20-11-15-6-2-3-7-16(15)19-8-4-5-14(9-19)10-22-19/h2-3,6-7,12-14,22H,4-5,8-11H2,1H3,(H,20,24). The predicted octanol–water partition coefficient (Wildman–Crippen LogP) is 2.34. The Labute approximate surface area is 142 Å². The van der Waals surface area contributed by atoms with Crippen molar-refractivity contribution in [2.24, 2.45) is 13.0 Å². The first kappa shape index (κ1) is 15.4. The van der Waals surface area contributed by atoms with Gasteiger partial charge in [0.25, 0.3) is 5.91 Å². The van der Waals surface area contributed by atoms with Crippen molar-refractivity contribution in [2.75, 3.05) is 6.54 Å². The van der Waals surface area contributed by atoms with Crippen LogP contribution in [0.25, 0.3) is 0 Å². The van der Waals surface area contributed by atoms with Crippen molar-refractivity contribution in [2.45, 2.75) is 37.8 Å². The molecule has 1 saturated carbocycles. The number of carbonyl (C=O) groups is 1. The number of imidazole rings is 1. The van der Waals surface area contributed by atoms with Gasteiger partial charge < -0.3 is 15.2 Å². The van der Waals surface area contributed by atoms with E-state index in [1.807, 2.05) is 7.05 Å². The maximum atomic E-state index is 12.3. The van der Waals surface area contributed by atoms with Crippen LogP contribution in [0.2, 0.25) is 0 Å². The third kappa shape index (κ3) is 2.73. The molecule has 5 heteroatoms. The second-order valence-corrected chi connectivity index (χ2v) is 7.19. The molecule has 2 fully saturated rings. The van der Waals surface area contributed by atoms with E-state index < -0.39 is 0 Å². The van der Waals surface area contributed by atoms with Crippen LogP contribution in [0.3, 0.4) is 0 Å². The first-order valence-corrected chi connectivity index (χ1v) is 8.76. The Balaban J connectivity index is 1.53. The summed E-state index contributed by atoms with van der Waals surface area (Å²) < 4.78 is 1.78. The van der Waals surface area contributed by atoms with E-state index in [1.165, 1.54) is 36.8 Å². The lowest BCUT2D eigenvalue weighted by Crippen LogP contribution is -2.38. The van der Waals surface area contributed by atoms with Crippen LogP contribution >= 0.6 is 0 Å². The number of aromatic nitrogens is 2. The molecule has 0 spiro atoms. The number of amides is 1. The van der Waals surface area contributed by atoms with Crippen molar-refractivity contribution in [3.63, 3.8) is 0 Å². The average Bonchev–Trinajstić information content (AvgIpc) is 3.17. The zero-order chi connectivity index (χ0) is 16.6. The summed E-state index contributed by atoms with van der Waals surface area (Å²) in [6.07, 6.45) is 8.42. The van der Waals surface area contributed by atoms with Crippen LogP contribution in [0.4, 0.5) is 0 Å². The molecular formula is C19H24N4O. The van der Waals surface area contributed by atoms with Crippen LogP contribution in [0.1, 0.15) is 47.3 Å². The van der Waals surface area contributed by atoms with Crippen LogP contribution in [-0.2, 0) is 19.1 Å². The predicted molar refractivity (Wildman–Crippen MR) is 92.5 cm³/mol. The summed E-state index contributed by atoms with van der Waals surface area (Å²) in [7, 11) is 1.86. The van der Waals surface area contributed by atoms with Gasteiger partial charge in [-0.05, 0) is 42.9 Å². The molecule has 1 aromatic heterocycles. The first-order valence-electron chi connectivity index (χ1n) is 8.76. The molecule has 2 aliphatic rings. The number of benzene rings is 1. The summed E-state index contributed by atoms with van der Waals surface area (Å²) in [6.45, 7) is 1.66. The quantitative estimate of drug-likeness (QED) is 0.907. The minimum absolute atomic E-state index is 0.106. The number of fused-ring (bicyclic) bond motifs is 2. The summed E-state index contributed by atoms with van der Waals surface area (Å²) in [5.74, 6) is 0.679. The lowest BCUT2D eigenvalue weighted by molar-refractivity contribution is 0.0946. The molecule has 2 unspecified atom stereocenters. The maximum absolute atomic E-state index is 12.3. The molecule has 1 aromatic carbocycles. The van der Waals surface area contributed by atoms with Crippen molar-refractivity contribution < 1.29 is 4.79 Å². The van der Waals surface area contributed by atoms with Crippen molar-refractivity contribution in [1.29, 1.82) is 0 Å². The van der Waals surface area contributed by atoms with Crippen LogP contribution in [0.15, 0.2) is 36.8 Å². The molecule has 1 saturated heterocycles. The van der Waals surface area contributed by atoms with Gasteiger partial charge in [-0.2, -0.15) is 0 Å². The highest BCUT2D eigenvalue weighted by molar-refractivity contribution is 5.91. The summed E-state index contributed by atoms with van der Waals surface area (Å²) in [5, 5.41) is 6.80. The van der Waals surface area contributed by atoms with Crippen molar-refractivity contribution in [3.05, 3.63) is 53.6 Å². The van der Waals surface area contributed by atoms with E-state index in [0.717, 1.165) is 12.5 Å². The zero-order valence-corrected chi connectivity index (χ0v) is 14.1. The molecule has 126 valence electrons. The summed E-state index contributed by atoms with van der Waals surface area (Å²) >= 11 is 0. The highest BCUT2D eigenvalue weighted by atomic mass is 16.1. The third-order valence-corrected chi connectivity index (χ3v) is 5.49. The third-order valence-electron chi connectivity index (χ3n) is 5.49. The van der Waals surface area contributed by atoms with Gasteiger partial charge in [0.15, 0.2) is 0 Å². The van der Waals surface area contributed by atoms with Crippen LogP contribution in [-0.4, -0.2) is 22.0 Å². The fraction of sp³-hybridized carbons (Fsp3) is 0.474. The number of nitrogens with zero attached hydrogens (tertiary/aromatic N) is 2. The van der Waals surface area contributed by atoms with E-state index in [-0.39, 0.29) is 11.4 Å². The van der Waals surface area contributed by atoms with Gasteiger partial charge in [-0.25, -0.2) is 4.98 Å². The Kier molecular flexibility index (Phi) is 3.88. The maximum Gasteiger partial charge on any atom is 0.271 e. The van der Waals surface area contributed by atoms with Gasteiger partial charge in [0, 0.05) is 25.3 Å². The number of nitrogens with one attached hydrogen (secondary N) is 2. The van der Waals surface area contributed by atoms with Crippen molar-refractivity contribution in [1.82, 2.24) is 20.2 Å². The van der Waals surface area contributed by atoms with Gasteiger partial charge in [0.1, 0.15) is 5.69 Å². The molecule has 2 atom stereocenters. The number of hydrogen-bond acceptors (Lipinski definition) is 3. The fourth-order valence-corrected chi connectivity index (χ4v) is 4.34. The molecular weight excluding hydrogens is 300 g/mol. The molecule has 2 heterocycles. The molecule has 2 aromatic rings. The molecule has 5 nitrogen and oxygen atoms in total. The summed E-state index contributed by atoms with van der Waals surface area (Å²) in [6, 6.07) is 8.52. The smallest absolute Gasteiger partial charge is 0.271 e. The number of aryl methyl sites for hydroxylation is 1. The van der Waals surface area contributed by atoms with E-state index in [1.54, 1.807) is 17.1 Å². The summed E-state index contributed by atoms with van der Waals surface area (Å²) in [5.41, 5.74) is 3.13. The Bertz CT molecular complexity index is 749. The van der Waals surface area contributed by atoms with E-state index in [9.17, 15) is 4.79 Å². The normalized spacial score (nSPS) is 25.6. The summed E-state index contributed by atoms with van der Waals surface area (Å²) in [4.78, 5) is 16.4. The van der Waals surface area contributed by atoms with Gasteiger partial charge in [-0.15, -0.1) is 0 Å². The van der Waals surface area contributed by atoms with Gasteiger partial charge in [-0.1, -0.05) is 30.7 Å². The van der Waals surface area contributed by atoms with Gasteiger partial charge in [-0.3, -0.25) is 4.79 Å². The van der Waals surface area contributed by atoms with Gasteiger partial charge in [0.05, 0.1) is 6.33 Å². The molecule has 24 heavy (non-hydrogen) atoms. The van der Waals surface area contributed by atoms with Crippen LogP contribution < -0.4 is 10.6 Å². The number of carbonyl (C=O) groups excluding carboxylic acids is 1. The molecule has 4 rings (SSSR count). The van der Waals surface area contributed by atoms with E-state index >= 15 is 0 Å². The monoisotopic (exact) mass is 324 g/mol. The van der Waals surface area contributed by atoms with Gasteiger partial charge in [0.2, 0.25) is 0 Å².